The van der Waals surface area contributed by atoms with Crippen LogP contribution in [0.1, 0.15) is 39.0 Å². The lowest BCUT2D eigenvalue weighted by molar-refractivity contribution is -0.135. The van der Waals surface area contributed by atoms with E-state index in [0.717, 1.165) is 56.7 Å². The molecule has 0 spiro atoms. The maximum atomic E-state index is 13.3. The van der Waals surface area contributed by atoms with Gasteiger partial charge in [0.05, 0.1) is 17.3 Å². The highest BCUT2D eigenvalue weighted by Gasteiger charge is 2.33. The van der Waals surface area contributed by atoms with Gasteiger partial charge >= 0.3 is 0 Å². The van der Waals surface area contributed by atoms with Gasteiger partial charge in [0.2, 0.25) is 11.8 Å². The van der Waals surface area contributed by atoms with Gasteiger partial charge in [-0.1, -0.05) is 19.1 Å². The number of carbonyl (C=O) groups is 2. The number of amides is 2. The number of likely N-dealkylation sites (tertiary alicyclic amines) is 1. The number of para-hydroxylation sites is 2. The molecule has 5 nitrogen and oxygen atoms in total. The molecule has 0 aromatic heterocycles. The van der Waals surface area contributed by atoms with Gasteiger partial charge in [0.25, 0.3) is 0 Å². The molecule has 2 heterocycles. The molecular formula is C20H29N3O2. The van der Waals surface area contributed by atoms with Crippen molar-refractivity contribution in [2.45, 2.75) is 39.0 Å². The summed E-state index contributed by atoms with van der Waals surface area (Å²) in [6, 6.07) is 8.14. The molecule has 1 unspecified atom stereocenters. The van der Waals surface area contributed by atoms with Gasteiger partial charge in [0.1, 0.15) is 0 Å². The largest absolute Gasteiger partial charge is 0.373 e. The van der Waals surface area contributed by atoms with Gasteiger partial charge in [-0.15, -0.1) is 0 Å². The lowest BCUT2D eigenvalue weighted by Gasteiger charge is -2.35. The summed E-state index contributed by atoms with van der Waals surface area (Å²) in [5, 5.41) is 0. The van der Waals surface area contributed by atoms with E-state index in [9.17, 15) is 9.59 Å². The summed E-state index contributed by atoms with van der Waals surface area (Å²) in [5.74, 6) is 0.291. The second kappa shape index (κ2) is 7.89. The van der Waals surface area contributed by atoms with Crippen LogP contribution < -0.4 is 9.80 Å². The van der Waals surface area contributed by atoms with E-state index in [1.807, 2.05) is 34.9 Å². The Hall–Kier alpha value is -2.04. The van der Waals surface area contributed by atoms with Gasteiger partial charge in [-0.25, -0.2) is 0 Å². The van der Waals surface area contributed by atoms with E-state index < -0.39 is 0 Å². The van der Waals surface area contributed by atoms with Gasteiger partial charge in [0, 0.05) is 39.6 Å². The Balaban J connectivity index is 1.78. The van der Waals surface area contributed by atoms with Gasteiger partial charge in [-0.3, -0.25) is 9.59 Å². The first-order valence-corrected chi connectivity index (χ1v) is 9.51. The van der Waals surface area contributed by atoms with Crippen LogP contribution in [0.15, 0.2) is 24.3 Å². The summed E-state index contributed by atoms with van der Waals surface area (Å²) in [7, 11) is 2.08. The number of hydrogen-bond donors (Lipinski definition) is 0. The molecule has 0 bridgehead atoms. The summed E-state index contributed by atoms with van der Waals surface area (Å²) in [6.07, 6.45) is 4.20. The van der Waals surface area contributed by atoms with Crippen LogP contribution in [-0.4, -0.2) is 49.9 Å². The van der Waals surface area contributed by atoms with Crippen molar-refractivity contribution in [3.05, 3.63) is 24.3 Å². The molecule has 25 heavy (non-hydrogen) atoms. The molecule has 136 valence electrons. The average Bonchev–Trinajstić information content (AvgIpc) is 2.81. The minimum absolute atomic E-state index is 0.0778. The number of benzene rings is 1. The molecule has 2 amide bonds. The number of fused-ring (bicyclic) bond motifs is 1. The maximum absolute atomic E-state index is 13.3. The summed E-state index contributed by atoms with van der Waals surface area (Å²) in [6.45, 7) is 5.09. The first-order valence-electron chi connectivity index (χ1n) is 9.51. The fourth-order valence-electron chi connectivity index (χ4n) is 3.95. The highest BCUT2D eigenvalue weighted by molar-refractivity contribution is 5.99. The van der Waals surface area contributed by atoms with E-state index in [1.165, 1.54) is 0 Å². The number of hydrogen-bond acceptors (Lipinski definition) is 3. The Morgan fingerprint density at radius 2 is 1.84 bits per heavy atom. The molecule has 1 aromatic carbocycles. The zero-order valence-corrected chi connectivity index (χ0v) is 15.4. The van der Waals surface area contributed by atoms with E-state index in [-0.39, 0.29) is 17.7 Å². The van der Waals surface area contributed by atoms with Crippen LogP contribution >= 0.6 is 0 Å². The smallest absolute Gasteiger partial charge is 0.231 e. The van der Waals surface area contributed by atoms with Crippen molar-refractivity contribution in [2.24, 2.45) is 5.92 Å². The van der Waals surface area contributed by atoms with E-state index in [0.29, 0.717) is 13.0 Å². The third-order valence-electron chi connectivity index (χ3n) is 5.31. The number of piperidine rings is 1. The molecule has 0 saturated carbocycles. The van der Waals surface area contributed by atoms with Crippen LogP contribution in [0.25, 0.3) is 0 Å². The first kappa shape index (κ1) is 17.8. The molecule has 1 atom stereocenters. The van der Waals surface area contributed by atoms with Crippen LogP contribution in [-0.2, 0) is 9.59 Å². The summed E-state index contributed by atoms with van der Waals surface area (Å²) < 4.78 is 0. The third-order valence-corrected chi connectivity index (χ3v) is 5.31. The van der Waals surface area contributed by atoms with Gasteiger partial charge in [-0.05, 0) is 37.8 Å². The minimum atomic E-state index is -0.0778. The van der Waals surface area contributed by atoms with Crippen molar-refractivity contribution >= 4 is 23.2 Å². The predicted octanol–water partition coefficient (Wildman–Crippen LogP) is 2.90. The quantitative estimate of drug-likeness (QED) is 0.848. The third kappa shape index (κ3) is 3.80. The van der Waals surface area contributed by atoms with Crippen LogP contribution in [0.5, 0.6) is 0 Å². The Morgan fingerprint density at radius 3 is 2.60 bits per heavy atom. The SMILES string of the molecule is CCCC(=O)N1CCCC(C(=O)N2CCCN(C)c3ccccc32)C1. The van der Waals surface area contributed by atoms with Crippen molar-refractivity contribution in [3.63, 3.8) is 0 Å². The maximum Gasteiger partial charge on any atom is 0.231 e. The summed E-state index contributed by atoms with van der Waals surface area (Å²) in [4.78, 5) is 31.6. The normalized spacial score (nSPS) is 20.9. The highest BCUT2D eigenvalue weighted by atomic mass is 16.2. The Labute approximate surface area is 150 Å². The Kier molecular flexibility index (Phi) is 5.61. The van der Waals surface area contributed by atoms with Crippen molar-refractivity contribution in [1.82, 2.24) is 4.90 Å². The van der Waals surface area contributed by atoms with Gasteiger partial charge in [-0.2, -0.15) is 0 Å². The van der Waals surface area contributed by atoms with Gasteiger partial charge < -0.3 is 14.7 Å². The molecule has 1 fully saturated rings. The lowest BCUT2D eigenvalue weighted by Crippen LogP contribution is -2.47. The summed E-state index contributed by atoms with van der Waals surface area (Å²) in [5.41, 5.74) is 2.12. The van der Waals surface area contributed by atoms with E-state index in [2.05, 4.69) is 18.0 Å². The zero-order chi connectivity index (χ0) is 17.8. The van der Waals surface area contributed by atoms with E-state index >= 15 is 0 Å². The predicted molar refractivity (Wildman–Crippen MR) is 101 cm³/mol. The molecule has 2 aliphatic heterocycles. The van der Waals surface area contributed by atoms with Crippen LogP contribution in [0.3, 0.4) is 0 Å². The van der Waals surface area contributed by atoms with Crippen LogP contribution in [0.2, 0.25) is 0 Å². The topological polar surface area (TPSA) is 43.9 Å². The van der Waals surface area contributed by atoms with Crippen molar-refractivity contribution in [2.75, 3.05) is 43.0 Å². The monoisotopic (exact) mass is 343 g/mol. The summed E-state index contributed by atoms with van der Waals surface area (Å²) >= 11 is 0. The lowest BCUT2D eigenvalue weighted by atomic mass is 9.95. The van der Waals surface area contributed by atoms with Crippen molar-refractivity contribution < 1.29 is 9.59 Å². The standard InChI is InChI=1S/C20H29N3O2/c1-3-8-19(24)22-13-6-9-16(15-22)20(25)23-14-7-12-21(2)17-10-4-5-11-18(17)23/h4-5,10-11,16H,3,6-9,12-15H2,1-2H3. The zero-order valence-electron chi connectivity index (χ0n) is 15.4. The molecule has 3 rings (SSSR count). The van der Waals surface area contributed by atoms with Crippen LogP contribution in [0, 0.1) is 5.92 Å². The number of carbonyl (C=O) groups excluding carboxylic acids is 2. The number of nitrogens with zero attached hydrogens (tertiary/aromatic N) is 3. The second-order valence-corrected chi connectivity index (χ2v) is 7.18. The van der Waals surface area contributed by atoms with Gasteiger partial charge in [0.15, 0.2) is 0 Å². The fourth-order valence-corrected chi connectivity index (χ4v) is 3.95. The molecule has 0 N–H and O–H groups in total. The number of anilines is 2. The highest BCUT2D eigenvalue weighted by Crippen LogP contribution is 2.33. The molecule has 0 radical (unpaired) electrons. The average molecular weight is 343 g/mol. The number of rotatable bonds is 3. The first-order chi connectivity index (χ1) is 12.1. The second-order valence-electron chi connectivity index (χ2n) is 7.18. The Bertz CT molecular complexity index is 631. The molecule has 5 heteroatoms. The molecular weight excluding hydrogens is 314 g/mol. The van der Waals surface area contributed by atoms with Crippen molar-refractivity contribution in [3.8, 4) is 0 Å². The van der Waals surface area contributed by atoms with E-state index in [4.69, 9.17) is 0 Å². The molecule has 2 aliphatic rings. The fraction of sp³-hybridized carbons (Fsp3) is 0.600. The molecule has 0 aliphatic carbocycles. The van der Waals surface area contributed by atoms with E-state index in [1.54, 1.807) is 0 Å². The molecule has 1 saturated heterocycles. The minimum Gasteiger partial charge on any atom is -0.373 e. The Morgan fingerprint density at radius 1 is 1.08 bits per heavy atom. The molecule has 1 aromatic rings. The van der Waals surface area contributed by atoms with Crippen LogP contribution in [0.4, 0.5) is 11.4 Å². The van der Waals surface area contributed by atoms with Crippen molar-refractivity contribution in [1.29, 1.82) is 0 Å².